The fourth-order valence-corrected chi connectivity index (χ4v) is 2.91. The van der Waals surface area contributed by atoms with Crippen molar-refractivity contribution in [3.63, 3.8) is 0 Å². The van der Waals surface area contributed by atoms with E-state index in [1.165, 1.54) is 0 Å². The molecule has 0 aromatic heterocycles. The molecule has 3 aromatic carbocycles. The van der Waals surface area contributed by atoms with E-state index in [2.05, 4.69) is 9.69 Å². The van der Waals surface area contributed by atoms with Crippen LogP contribution in [0.4, 0.5) is 0 Å². The van der Waals surface area contributed by atoms with Gasteiger partial charge in [0.1, 0.15) is 0 Å². The highest BCUT2D eigenvalue weighted by Crippen LogP contribution is 2.21. The number of nitriles is 2. The molecule has 0 atom stereocenters. The third-order valence-corrected chi connectivity index (χ3v) is 3.84. The third-order valence-electron chi connectivity index (χ3n) is 3.84. The van der Waals surface area contributed by atoms with E-state index in [-0.39, 0.29) is 11.4 Å². The molecule has 0 fully saturated rings. The molecule has 0 bridgehead atoms. The van der Waals surface area contributed by atoms with Crippen molar-refractivity contribution in [3.05, 3.63) is 81.8 Å². The Hall–Kier alpha value is -4.12. The van der Waals surface area contributed by atoms with Gasteiger partial charge in [-0.25, -0.2) is 20.2 Å². The summed E-state index contributed by atoms with van der Waals surface area (Å²) in [5, 5.41) is 22.6. The highest BCUT2D eigenvalue weighted by molar-refractivity contribution is 6.09. The van der Waals surface area contributed by atoms with Gasteiger partial charge >= 0.3 is 0 Å². The molecule has 108 valence electrons. The van der Waals surface area contributed by atoms with Crippen LogP contribution in [-0.2, 0) is 0 Å². The lowest BCUT2D eigenvalue weighted by Crippen LogP contribution is -2.30. The van der Waals surface area contributed by atoms with Gasteiger partial charge in [-0.1, -0.05) is 48.5 Å². The minimum absolute atomic E-state index is 0.122. The van der Waals surface area contributed by atoms with E-state index in [4.69, 9.17) is 13.1 Å². The van der Waals surface area contributed by atoms with Gasteiger partial charge < -0.3 is 0 Å². The zero-order chi connectivity index (χ0) is 17.1. The van der Waals surface area contributed by atoms with Crippen molar-refractivity contribution in [2.75, 3.05) is 0 Å². The van der Waals surface area contributed by atoms with Crippen LogP contribution in [0.15, 0.2) is 48.5 Å². The smallest absolute Gasteiger partial charge is 0.226 e. The maximum Gasteiger partial charge on any atom is 0.268 e. The Kier molecular flexibility index (Phi) is 3.66. The molecule has 24 heavy (non-hydrogen) atoms. The lowest BCUT2D eigenvalue weighted by Gasteiger charge is -2.08. The first-order valence-corrected chi connectivity index (χ1v) is 7.00. The molecule has 3 aromatic rings. The average molecular weight is 304 g/mol. The summed E-state index contributed by atoms with van der Waals surface area (Å²) in [5.74, 6) is 0. The number of benzene rings is 3. The van der Waals surface area contributed by atoms with Crippen LogP contribution in [0, 0.1) is 35.8 Å². The molecule has 0 aliphatic rings. The first-order valence-electron chi connectivity index (χ1n) is 7.00. The van der Waals surface area contributed by atoms with Crippen molar-refractivity contribution in [1.82, 2.24) is 0 Å². The fourth-order valence-electron chi connectivity index (χ4n) is 2.91. The van der Waals surface area contributed by atoms with E-state index >= 15 is 0 Å². The topological polar surface area (TPSA) is 56.3 Å². The molecule has 0 aliphatic carbocycles. The van der Waals surface area contributed by atoms with Crippen LogP contribution < -0.4 is 10.4 Å². The predicted octanol–water partition coefficient (Wildman–Crippen LogP) is 3.10. The van der Waals surface area contributed by atoms with Gasteiger partial charge in [0.05, 0.1) is 25.3 Å². The average Bonchev–Trinajstić information content (AvgIpc) is 2.65. The van der Waals surface area contributed by atoms with Gasteiger partial charge in [0.25, 0.3) is 11.4 Å². The molecule has 0 N–H and O–H groups in total. The van der Waals surface area contributed by atoms with E-state index in [0.717, 1.165) is 10.8 Å². The monoisotopic (exact) mass is 304 g/mol. The molecule has 0 saturated heterocycles. The Morgan fingerprint density at radius 1 is 0.667 bits per heavy atom. The van der Waals surface area contributed by atoms with Crippen LogP contribution >= 0.6 is 0 Å². The van der Waals surface area contributed by atoms with Gasteiger partial charge in [-0.3, -0.25) is 0 Å². The summed E-state index contributed by atoms with van der Waals surface area (Å²) in [6, 6.07) is 18.6. The number of fused-ring (bicyclic) bond motifs is 3. The normalized spacial score (nSPS) is 12.5. The molecule has 0 amide bonds. The van der Waals surface area contributed by atoms with E-state index in [9.17, 15) is 10.5 Å². The molecule has 4 nitrogen and oxygen atoms in total. The van der Waals surface area contributed by atoms with Crippen LogP contribution in [0.2, 0.25) is 0 Å². The highest BCUT2D eigenvalue weighted by Gasteiger charge is 2.11. The van der Waals surface area contributed by atoms with E-state index in [1.807, 2.05) is 60.7 Å². The minimum Gasteiger partial charge on any atom is -0.226 e. The Labute approximate surface area is 138 Å². The summed E-state index contributed by atoms with van der Waals surface area (Å²) in [7, 11) is 0. The van der Waals surface area contributed by atoms with Crippen LogP contribution in [0.1, 0.15) is 0 Å². The second-order valence-corrected chi connectivity index (χ2v) is 4.99. The predicted molar refractivity (Wildman–Crippen MR) is 92.0 cm³/mol. The number of nitrogens with zero attached hydrogens (tertiary/aromatic N) is 4. The first-order chi connectivity index (χ1) is 11.8. The first kappa shape index (κ1) is 14.8. The van der Waals surface area contributed by atoms with Crippen molar-refractivity contribution >= 4 is 32.9 Å². The summed E-state index contributed by atoms with van der Waals surface area (Å²) >= 11 is 0. The van der Waals surface area contributed by atoms with Crippen molar-refractivity contribution < 1.29 is 0 Å². The fraction of sp³-hybridized carbons (Fsp3) is 0. The second kappa shape index (κ2) is 5.94. The van der Waals surface area contributed by atoms with Gasteiger partial charge in [-0.2, -0.15) is 0 Å². The van der Waals surface area contributed by atoms with Crippen LogP contribution in [0.25, 0.3) is 42.6 Å². The van der Waals surface area contributed by atoms with Gasteiger partial charge in [0.2, 0.25) is 0 Å². The molecule has 4 heteroatoms. The summed E-state index contributed by atoms with van der Waals surface area (Å²) < 4.78 is 0. The molecule has 3 rings (SSSR count). The van der Waals surface area contributed by atoms with E-state index in [1.54, 1.807) is 0 Å². The van der Waals surface area contributed by atoms with Gasteiger partial charge in [0, 0.05) is 0 Å². The molecule has 0 unspecified atom stereocenters. The number of hydrogen-bond acceptors (Lipinski definition) is 2. The molecular formula is C20H8N4. The Balaban J connectivity index is 2.99. The summed E-state index contributed by atoms with van der Waals surface area (Å²) in [6.07, 6.45) is 0. The summed E-state index contributed by atoms with van der Waals surface area (Å²) in [5.41, 5.74) is -0.244. The SMILES string of the molecule is [C-]#[N+]C(C#N)=c1c(=C(C#N)[N+]#[C-])c2ccccc2c2ccccc12. The van der Waals surface area contributed by atoms with Crippen LogP contribution in [0.5, 0.6) is 0 Å². The van der Waals surface area contributed by atoms with E-state index < -0.39 is 0 Å². The molecule has 0 aliphatic heterocycles. The van der Waals surface area contributed by atoms with Crippen molar-refractivity contribution in [2.45, 2.75) is 0 Å². The molecule has 0 radical (unpaired) electrons. The molecule has 0 spiro atoms. The van der Waals surface area contributed by atoms with Gasteiger partial charge in [0.15, 0.2) is 0 Å². The summed E-state index contributed by atoms with van der Waals surface area (Å²) in [4.78, 5) is 6.65. The quantitative estimate of drug-likeness (QED) is 0.473. The Bertz CT molecular complexity index is 1150. The lowest BCUT2D eigenvalue weighted by molar-refractivity contribution is 1.50. The maximum atomic E-state index is 9.39. The number of hydrogen-bond donors (Lipinski definition) is 0. The van der Waals surface area contributed by atoms with Crippen LogP contribution in [-0.4, -0.2) is 0 Å². The standard InChI is InChI=1S/C20H8N4/c1-23-17(11-21)19-15-9-5-3-7-13(15)14-8-4-6-10-16(14)20(19)18(12-22)24-2/h3-10H. The van der Waals surface area contributed by atoms with Crippen molar-refractivity contribution in [1.29, 1.82) is 10.5 Å². The Morgan fingerprint density at radius 3 is 1.29 bits per heavy atom. The maximum absolute atomic E-state index is 9.39. The zero-order valence-electron chi connectivity index (χ0n) is 12.4. The lowest BCUT2D eigenvalue weighted by atomic mass is 9.96. The zero-order valence-corrected chi connectivity index (χ0v) is 12.4. The molecule has 0 heterocycles. The second-order valence-electron chi connectivity index (χ2n) is 4.99. The Morgan fingerprint density at radius 2 is 1.00 bits per heavy atom. The summed E-state index contributed by atoms with van der Waals surface area (Å²) in [6.45, 7) is 14.7. The van der Waals surface area contributed by atoms with Crippen LogP contribution in [0.3, 0.4) is 0 Å². The molecule has 0 saturated carbocycles. The minimum atomic E-state index is -0.122. The number of rotatable bonds is 0. The van der Waals surface area contributed by atoms with Crippen molar-refractivity contribution in [2.24, 2.45) is 0 Å². The molecular weight excluding hydrogens is 296 g/mol. The van der Waals surface area contributed by atoms with Crippen molar-refractivity contribution in [3.8, 4) is 12.1 Å². The third kappa shape index (κ3) is 2.05. The van der Waals surface area contributed by atoms with Gasteiger partial charge in [-0.15, -0.1) is 0 Å². The largest absolute Gasteiger partial charge is 0.268 e. The van der Waals surface area contributed by atoms with E-state index in [0.29, 0.717) is 21.2 Å². The van der Waals surface area contributed by atoms with Gasteiger partial charge in [-0.05, 0) is 32.0 Å². The highest BCUT2D eigenvalue weighted by atomic mass is 14.7.